The largest absolute Gasteiger partial charge is 0.478 e. The van der Waals surface area contributed by atoms with Gasteiger partial charge in [0.25, 0.3) is 11.8 Å². The molecule has 0 fully saturated rings. The molecule has 0 unspecified atom stereocenters. The minimum Gasteiger partial charge on any atom is -0.478 e. The van der Waals surface area contributed by atoms with Crippen LogP contribution in [0.1, 0.15) is 10.5 Å². The maximum atomic E-state index is 11.8. The quantitative estimate of drug-likeness (QED) is 0.566. The molecule has 2 amide bonds. The first-order chi connectivity index (χ1) is 10.1. The first-order valence-corrected chi connectivity index (χ1v) is 5.93. The molecule has 2 aromatic rings. The number of benzene rings is 1. The van der Waals surface area contributed by atoms with Gasteiger partial charge in [-0.2, -0.15) is 0 Å². The number of hydrogen-bond donors (Lipinski definition) is 3. The fraction of sp³-hybridized carbons (Fsp3) is 0. The number of nitrogens with one attached hydrogen (secondary N) is 2. The van der Waals surface area contributed by atoms with Crippen LogP contribution in [0.2, 0.25) is 0 Å². The molecule has 0 saturated heterocycles. The van der Waals surface area contributed by atoms with Crippen molar-refractivity contribution in [2.75, 3.05) is 0 Å². The van der Waals surface area contributed by atoms with Gasteiger partial charge in [0.2, 0.25) is 0 Å². The van der Waals surface area contributed by atoms with Gasteiger partial charge in [0.1, 0.15) is 5.69 Å². The average Bonchev–Trinajstić information content (AvgIpc) is 2.50. The van der Waals surface area contributed by atoms with Crippen LogP contribution in [0.25, 0.3) is 10.9 Å². The van der Waals surface area contributed by atoms with Crippen molar-refractivity contribution in [2.24, 2.45) is 0 Å². The Labute approximate surface area is 119 Å². The summed E-state index contributed by atoms with van der Waals surface area (Å²) in [6.07, 6.45) is 1.45. The summed E-state index contributed by atoms with van der Waals surface area (Å²) >= 11 is 0. The standard InChI is InChI=1S/C14H11N3O4/c18-12(7-8-13(19)20)16-17-14(21)11-6-5-9-3-1-2-4-10(9)15-11/h1-8H,(H,16,18)(H,17,21)(H,19,20)/b8-7-. The average molecular weight is 285 g/mol. The highest BCUT2D eigenvalue weighted by atomic mass is 16.4. The molecular formula is C14H11N3O4. The second kappa shape index (κ2) is 6.29. The molecule has 0 atom stereocenters. The van der Waals surface area contributed by atoms with Gasteiger partial charge in [-0.05, 0) is 12.1 Å². The van der Waals surface area contributed by atoms with E-state index in [1.807, 2.05) is 12.1 Å². The Morgan fingerprint density at radius 1 is 1.00 bits per heavy atom. The molecule has 1 aromatic carbocycles. The fourth-order valence-electron chi connectivity index (χ4n) is 1.56. The number of aromatic nitrogens is 1. The van der Waals surface area contributed by atoms with Gasteiger partial charge in [-0.1, -0.05) is 24.3 Å². The minimum atomic E-state index is -1.26. The number of fused-ring (bicyclic) bond motifs is 1. The van der Waals surface area contributed by atoms with Crippen LogP contribution in [0.5, 0.6) is 0 Å². The first kappa shape index (κ1) is 14.2. The number of aliphatic carboxylic acids is 1. The van der Waals surface area contributed by atoms with Gasteiger partial charge in [0, 0.05) is 17.5 Å². The van der Waals surface area contributed by atoms with Crippen molar-refractivity contribution in [2.45, 2.75) is 0 Å². The zero-order chi connectivity index (χ0) is 15.2. The SMILES string of the molecule is O=C(O)/C=C\C(=O)NNC(=O)c1ccc2ccccc2n1. The Morgan fingerprint density at radius 2 is 1.76 bits per heavy atom. The molecule has 21 heavy (non-hydrogen) atoms. The van der Waals surface area contributed by atoms with E-state index in [9.17, 15) is 14.4 Å². The summed E-state index contributed by atoms with van der Waals surface area (Å²) in [6.45, 7) is 0. The highest BCUT2D eigenvalue weighted by Crippen LogP contribution is 2.11. The number of rotatable bonds is 3. The molecule has 3 N–H and O–H groups in total. The van der Waals surface area contributed by atoms with Crippen molar-refractivity contribution in [1.82, 2.24) is 15.8 Å². The predicted molar refractivity (Wildman–Crippen MR) is 74.1 cm³/mol. The lowest BCUT2D eigenvalue weighted by Gasteiger charge is -2.05. The van der Waals surface area contributed by atoms with Crippen LogP contribution in [-0.2, 0) is 9.59 Å². The van der Waals surface area contributed by atoms with Crippen molar-refractivity contribution < 1.29 is 19.5 Å². The molecule has 106 valence electrons. The highest BCUT2D eigenvalue weighted by Gasteiger charge is 2.08. The van der Waals surface area contributed by atoms with Gasteiger partial charge in [0.05, 0.1) is 5.52 Å². The Bertz CT molecular complexity index is 740. The van der Waals surface area contributed by atoms with E-state index in [1.54, 1.807) is 18.2 Å². The van der Waals surface area contributed by atoms with Crippen LogP contribution in [0, 0.1) is 0 Å². The lowest BCUT2D eigenvalue weighted by atomic mass is 10.2. The Hall–Kier alpha value is -3.22. The van der Waals surface area contributed by atoms with E-state index in [0.717, 1.165) is 11.5 Å². The van der Waals surface area contributed by atoms with Crippen molar-refractivity contribution in [1.29, 1.82) is 0 Å². The summed E-state index contributed by atoms with van der Waals surface area (Å²) in [5, 5.41) is 9.25. The number of hydrazine groups is 1. The van der Waals surface area contributed by atoms with E-state index < -0.39 is 17.8 Å². The van der Waals surface area contributed by atoms with Gasteiger partial charge < -0.3 is 5.11 Å². The van der Waals surface area contributed by atoms with E-state index in [4.69, 9.17) is 5.11 Å². The molecule has 2 rings (SSSR count). The van der Waals surface area contributed by atoms with Crippen LogP contribution < -0.4 is 10.9 Å². The summed E-state index contributed by atoms with van der Waals surface area (Å²) < 4.78 is 0. The molecule has 0 spiro atoms. The van der Waals surface area contributed by atoms with Crippen molar-refractivity contribution >= 4 is 28.7 Å². The maximum absolute atomic E-state index is 11.8. The van der Waals surface area contributed by atoms with Crippen LogP contribution in [0.4, 0.5) is 0 Å². The number of para-hydroxylation sites is 1. The van der Waals surface area contributed by atoms with Crippen molar-refractivity contribution in [3.05, 3.63) is 54.2 Å². The molecule has 7 heteroatoms. The summed E-state index contributed by atoms with van der Waals surface area (Å²) in [6, 6.07) is 10.6. The van der Waals surface area contributed by atoms with E-state index in [0.29, 0.717) is 11.6 Å². The molecular weight excluding hydrogens is 274 g/mol. The minimum absolute atomic E-state index is 0.135. The normalized spacial score (nSPS) is 10.5. The number of carboxylic acid groups (broad SMARTS) is 1. The van der Waals surface area contributed by atoms with Gasteiger partial charge in [-0.15, -0.1) is 0 Å². The van der Waals surface area contributed by atoms with Crippen molar-refractivity contribution in [3.8, 4) is 0 Å². The Morgan fingerprint density at radius 3 is 2.52 bits per heavy atom. The molecule has 7 nitrogen and oxygen atoms in total. The third kappa shape index (κ3) is 3.87. The summed E-state index contributed by atoms with van der Waals surface area (Å²) in [7, 11) is 0. The monoisotopic (exact) mass is 285 g/mol. The van der Waals surface area contributed by atoms with Gasteiger partial charge in [-0.25, -0.2) is 9.78 Å². The van der Waals surface area contributed by atoms with Gasteiger partial charge >= 0.3 is 5.97 Å². The van der Waals surface area contributed by atoms with Gasteiger partial charge in [0.15, 0.2) is 0 Å². The second-order valence-electron chi connectivity index (χ2n) is 4.00. The van der Waals surface area contributed by atoms with E-state index in [-0.39, 0.29) is 5.69 Å². The van der Waals surface area contributed by atoms with Crippen LogP contribution >= 0.6 is 0 Å². The highest BCUT2D eigenvalue weighted by molar-refractivity contribution is 5.98. The number of pyridine rings is 1. The molecule has 0 aliphatic carbocycles. The molecule has 0 saturated carbocycles. The second-order valence-corrected chi connectivity index (χ2v) is 4.00. The van der Waals surface area contributed by atoms with Crippen LogP contribution in [0.3, 0.4) is 0 Å². The lowest BCUT2D eigenvalue weighted by molar-refractivity contribution is -0.131. The lowest BCUT2D eigenvalue weighted by Crippen LogP contribution is -2.41. The zero-order valence-electron chi connectivity index (χ0n) is 10.7. The van der Waals surface area contributed by atoms with Crippen molar-refractivity contribution in [3.63, 3.8) is 0 Å². The van der Waals surface area contributed by atoms with Gasteiger partial charge in [-0.3, -0.25) is 20.4 Å². The third-order valence-corrected chi connectivity index (χ3v) is 2.51. The van der Waals surface area contributed by atoms with Crippen LogP contribution in [-0.4, -0.2) is 27.9 Å². The Balaban J connectivity index is 2.02. The topological polar surface area (TPSA) is 108 Å². The molecule has 1 heterocycles. The number of carbonyl (C=O) groups is 3. The van der Waals surface area contributed by atoms with E-state index >= 15 is 0 Å². The molecule has 0 aliphatic rings. The number of carbonyl (C=O) groups excluding carboxylic acids is 2. The zero-order valence-corrected chi connectivity index (χ0v) is 10.7. The number of amides is 2. The first-order valence-electron chi connectivity index (χ1n) is 5.93. The van der Waals surface area contributed by atoms with E-state index in [1.165, 1.54) is 6.07 Å². The summed E-state index contributed by atoms with van der Waals surface area (Å²) in [4.78, 5) is 37.4. The molecule has 0 radical (unpaired) electrons. The van der Waals surface area contributed by atoms with Crippen LogP contribution in [0.15, 0.2) is 48.6 Å². The summed E-state index contributed by atoms with van der Waals surface area (Å²) in [5.41, 5.74) is 4.99. The summed E-state index contributed by atoms with van der Waals surface area (Å²) in [5.74, 6) is -2.61. The number of hydrogen-bond acceptors (Lipinski definition) is 4. The molecule has 0 bridgehead atoms. The smallest absolute Gasteiger partial charge is 0.328 e. The third-order valence-electron chi connectivity index (χ3n) is 2.51. The molecule has 0 aliphatic heterocycles. The van der Waals surface area contributed by atoms with E-state index in [2.05, 4.69) is 15.8 Å². The number of nitrogens with zero attached hydrogens (tertiary/aromatic N) is 1. The Kier molecular flexibility index (Phi) is 4.25. The fourth-order valence-corrected chi connectivity index (χ4v) is 1.56. The molecule has 1 aromatic heterocycles. The number of carboxylic acids is 1. The predicted octanol–water partition coefficient (Wildman–Crippen LogP) is 0.637. The maximum Gasteiger partial charge on any atom is 0.328 e.